The third-order valence-corrected chi connectivity index (χ3v) is 2.98. The summed E-state index contributed by atoms with van der Waals surface area (Å²) in [6.07, 6.45) is 0. The second-order valence-electron chi connectivity index (χ2n) is 4.19. The molecule has 0 aliphatic heterocycles. The summed E-state index contributed by atoms with van der Waals surface area (Å²) in [5.74, 6) is -1.21. The summed E-state index contributed by atoms with van der Waals surface area (Å²) in [6.45, 7) is 4.97. The first-order valence-electron chi connectivity index (χ1n) is 4.77. The maximum atomic E-state index is 11.7. The van der Waals surface area contributed by atoms with Crippen molar-refractivity contribution in [1.82, 2.24) is 9.69 Å². The second-order valence-corrected chi connectivity index (χ2v) is 4.81. The van der Waals surface area contributed by atoms with Gasteiger partial charge in [0.25, 0.3) is 5.91 Å². The summed E-state index contributed by atoms with van der Waals surface area (Å²) >= 11 is 1.21. The van der Waals surface area contributed by atoms with Crippen LogP contribution in [0.1, 0.15) is 29.9 Å². The van der Waals surface area contributed by atoms with Gasteiger partial charge in [-0.25, -0.2) is 0 Å². The molecule has 1 aromatic rings. The van der Waals surface area contributed by atoms with E-state index in [4.69, 9.17) is 5.11 Å². The summed E-state index contributed by atoms with van der Waals surface area (Å²) in [5, 5.41) is 13.1. The van der Waals surface area contributed by atoms with Crippen molar-refractivity contribution in [3.63, 3.8) is 0 Å². The Balaban J connectivity index is 2.61. The van der Waals surface area contributed by atoms with Gasteiger partial charge in [0.1, 0.15) is 0 Å². The molecule has 0 aliphatic rings. The van der Waals surface area contributed by atoms with Crippen LogP contribution in [0.25, 0.3) is 0 Å². The van der Waals surface area contributed by atoms with E-state index in [1.807, 2.05) is 0 Å². The van der Waals surface area contributed by atoms with Gasteiger partial charge in [0.15, 0.2) is 0 Å². The lowest BCUT2D eigenvalue weighted by Gasteiger charge is -2.19. The smallest absolute Gasteiger partial charge is 0.310 e. The number of amides is 1. The van der Waals surface area contributed by atoms with E-state index < -0.39 is 11.4 Å². The van der Waals surface area contributed by atoms with Crippen LogP contribution in [0.15, 0.2) is 5.38 Å². The fraction of sp³-hybridized carbons (Fsp3) is 0.500. The molecule has 5 nitrogen and oxygen atoms in total. The summed E-state index contributed by atoms with van der Waals surface area (Å²) < 4.78 is 3.98. The van der Waals surface area contributed by atoms with Crippen LogP contribution in [-0.2, 0) is 4.79 Å². The topological polar surface area (TPSA) is 79.3 Å². The van der Waals surface area contributed by atoms with E-state index in [-0.39, 0.29) is 12.5 Å². The molecule has 0 bridgehead atoms. The summed E-state index contributed by atoms with van der Waals surface area (Å²) in [4.78, 5) is 22.5. The molecule has 0 unspecified atom stereocenters. The summed E-state index contributed by atoms with van der Waals surface area (Å²) in [7, 11) is 0. The molecule has 1 aromatic heterocycles. The maximum absolute atomic E-state index is 11.7. The summed E-state index contributed by atoms with van der Waals surface area (Å²) in [5.41, 5.74) is 0.203. The number of carbonyl (C=O) groups is 2. The van der Waals surface area contributed by atoms with Crippen LogP contribution in [0.3, 0.4) is 0 Å². The molecule has 0 aromatic carbocycles. The minimum absolute atomic E-state index is 0.0937. The molecule has 1 heterocycles. The number of aryl methyl sites for hydroxylation is 1. The molecule has 0 radical (unpaired) electrons. The molecule has 16 heavy (non-hydrogen) atoms. The van der Waals surface area contributed by atoms with Gasteiger partial charge in [-0.2, -0.15) is 4.37 Å². The number of carboxylic acids is 1. The predicted molar refractivity (Wildman–Crippen MR) is 60.6 cm³/mol. The highest BCUT2D eigenvalue weighted by molar-refractivity contribution is 7.03. The number of carboxylic acid groups (broad SMARTS) is 1. The van der Waals surface area contributed by atoms with Crippen molar-refractivity contribution in [2.75, 3.05) is 6.54 Å². The molecule has 0 fully saturated rings. The lowest BCUT2D eigenvalue weighted by molar-refractivity contribution is -0.146. The average Bonchev–Trinajstić information content (AvgIpc) is 2.61. The fourth-order valence-electron chi connectivity index (χ4n) is 0.982. The van der Waals surface area contributed by atoms with Gasteiger partial charge in [-0.15, -0.1) is 0 Å². The Morgan fingerprint density at radius 2 is 2.19 bits per heavy atom. The van der Waals surface area contributed by atoms with Crippen LogP contribution >= 0.6 is 11.5 Å². The van der Waals surface area contributed by atoms with Crippen molar-refractivity contribution in [3.8, 4) is 0 Å². The fourth-order valence-corrected chi connectivity index (χ4v) is 1.67. The lowest BCUT2D eigenvalue weighted by Crippen LogP contribution is -2.38. The largest absolute Gasteiger partial charge is 0.481 e. The highest BCUT2D eigenvalue weighted by atomic mass is 32.1. The van der Waals surface area contributed by atoms with Gasteiger partial charge in [0.2, 0.25) is 0 Å². The van der Waals surface area contributed by atoms with Crippen LogP contribution in [0.5, 0.6) is 0 Å². The number of carbonyl (C=O) groups excluding carboxylic acids is 1. The molecule has 0 saturated heterocycles. The van der Waals surface area contributed by atoms with Crippen LogP contribution in [-0.4, -0.2) is 27.9 Å². The minimum atomic E-state index is -0.965. The molecule has 6 heteroatoms. The van der Waals surface area contributed by atoms with Crippen LogP contribution in [0.2, 0.25) is 0 Å². The number of hydrogen-bond acceptors (Lipinski definition) is 4. The quantitative estimate of drug-likeness (QED) is 0.833. The molecule has 2 N–H and O–H groups in total. The van der Waals surface area contributed by atoms with Crippen LogP contribution in [0.4, 0.5) is 0 Å². The number of aromatic nitrogens is 1. The lowest BCUT2D eigenvalue weighted by atomic mass is 9.94. The van der Waals surface area contributed by atoms with Gasteiger partial charge in [-0.05, 0) is 32.3 Å². The zero-order chi connectivity index (χ0) is 12.3. The van der Waals surface area contributed by atoms with Crippen molar-refractivity contribution in [1.29, 1.82) is 0 Å². The normalized spacial score (nSPS) is 11.2. The van der Waals surface area contributed by atoms with Gasteiger partial charge in [-0.3, -0.25) is 9.59 Å². The zero-order valence-electron chi connectivity index (χ0n) is 9.40. The van der Waals surface area contributed by atoms with E-state index in [1.54, 1.807) is 26.2 Å². The zero-order valence-corrected chi connectivity index (χ0v) is 10.2. The van der Waals surface area contributed by atoms with Crippen molar-refractivity contribution in [2.45, 2.75) is 20.8 Å². The van der Waals surface area contributed by atoms with E-state index in [2.05, 4.69) is 9.69 Å². The first-order chi connectivity index (χ1) is 7.34. The van der Waals surface area contributed by atoms with Gasteiger partial charge < -0.3 is 10.4 Å². The molecule has 0 aliphatic carbocycles. The first-order valence-corrected chi connectivity index (χ1v) is 5.61. The molecule has 0 spiro atoms. The molecule has 1 rings (SSSR count). The minimum Gasteiger partial charge on any atom is -0.481 e. The number of hydrogen-bond donors (Lipinski definition) is 2. The van der Waals surface area contributed by atoms with E-state index in [0.29, 0.717) is 11.3 Å². The van der Waals surface area contributed by atoms with E-state index >= 15 is 0 Å². The Bertz CT molecular complexity index is 412. The number of nitrogens with one attached hydrogen (secondary N) is 1. The monoisotopic (exact) mass is 242 g/mol. The molecule has 0 atom stereocenters. The number of rotatable bonds is 4. The maximum Gasteiger partial charge on any atom is 0.310 e. The first kappa shape index (κ1) is 12.6. The predicted octanol–water partition coefficient (Wildman–Crippen LogP) is 1.29. The van der Waals surface area contributed by atoms with Gasteiger partial charge in [-0.1, -0.05) is 0 Å². The Hall–Kier alpha value is -1.43. The van der Waals surface area contributed by atoms with Crippen LogP contribution < -0.4 is 5.32 Å². The van der Waals surface area contributed by atoms with Crippen LogP contribution in [0, 0.1) is 12.3 Å². The van der Waals surface area contributed by atoms with E-state index in [1.165, 1.54) is 11.5 Å². The second kappa shape index (κ2) is 4.61. The summed E-state index contributed by atoms with van der Waals surface area (Å²) in [6, 6.07) is 0. The van der Waals surface area contributed by atoms with Crippen molar-refractivity contribution >= 4 is 23.4 Å². The van der Waals surface area contributed by atoms with Gasteiger partial charge in [0.05, 0.1) is 16.7 Å². The highest BCUT2D eigenvalue weighted by Gasteiger charge is 2.28. The molecular formula is C10H14N2O3S. The van der Waals surface area contributed by atoms with Gasteiger partial charge in [0, 0.05) is 11.9 Å². The third kappa shape index (κ3) is 2.79. The molecular weight excluding hydrogens is 228 g/mol. The van der Waals surface area contributed by atoms with Gasteiger partial charge >= 0.3 is 5.97 Å². The van der Waals surface area contributed by atoms with E-state index in [9.17, 15) is 9.59 Å². The van der Waals surface area contributed by atoms with E-state index in [0.717, 1.165) is 0 Å². The molecule has 88 valence electrons. The van der Waals surface area contributed by atoms with Crippen molar-refractivity contribution in [2.24, 2.45) is 5.41 Å². The van der Waals surface area contributed by atoms with Crippen molar-refractivity contribution in [3.05, 3.63) is 16.6 Å². The van der Waals surface area contributed by atoms with Crippen molar-refractivity contribution < 1.29 is 14.7 Å². The Morgan fingerprint density at radius 3 is 2.62 bits per heavy atom. The Kier molecular flexibility index (Phi) is 3.64. The number of nitrogens with zero attached hydrogens (tertiary/aromatic N) is 1. The molecule has 1 amide bonds. The standard InChI is InChI=1S/C10H14N2O3S/c1-6-7(4-16-12-6)8(13)11-5-10(2,3)9(14)15/h4H,5H2,1-3H3,(H,11,13)(H,14,15). The molecule has 0 saturated carbocycles. The Morgan fingerprint density at radius 1 is 1.56 bits per heavy atom. The highest BCUT2D eigenvalue weighted by Crippen LogP contribution is 2.14. The average molecular weight is 242 g/mol. The number of aliphatic carboxylic acids is 1. The Labute approximate surface area is 97.7 Å². The third-order valence-electron chi connectivity index (χ3n) is 2.26. The SMILES string of the molecule is Cc1nscc1C(=O)NCC(C)(C)C(=O)O.